The van der Waals surface area contributed by atoms with E-state index in [0.29, 0.717) is 18.3 Å². The van der Waals surface area contributed by atoms with Crippen molar-refractivity contribution in [2.75, 3.05) is 6.61 Å². The standard InChI is InChI=1S/C22H30O5/c1-21-8-7-13(24)9-12(21)3-4-14-15-5-6-16(20(27)18(26)11-23)22(15,2)10-17(25)19(14)21/h7-9,14-17,19-20,23,25,27H,3-6,10-11H2,1-2H3/t14?,15?,16?,17-,19?,20+,21-,22-/m0/s1. The molecular formula is C22H30O5. The van der Waals surface area contributed by atoms with Crippen LogP contribution in [0.2, 0.25) is 0 Å². The second-order valence-corrected chi connectivity index (χ2v) is 9.55. The third-order valence-electron chi connectivity index (χ3n) is 8.43. The SMILES string of the molecule is C[C@]12C[C@H](O)C3C(CCC4=CC(=O)C=C[C@@]43C)C1CCC2[C@@H](O)C(=O)CO. The lowest BCUT2D eigenvalue weighted by molar-refractivity contribution is -0.146. The predicted octanol–water partition coefficient (Wildman–Crippen LogP) is 1.80. The second kappa shape index (κ2) is 6.36. The molecule has 8 atom stereocenters. The van der Waals surface area contributed by atoms with Crippen molar-refractivity contribution in [3.05, 3.63) is 23.8 Å². The Morgan fingerprint density at radius 2 is 2.04 bits per heavy atom. The summed E-state index contributed by atoms with van der Waals surface area (Å²) < 4.78 is 0. The number of aliphatic hydroxyl groups excluding tert-OH is 3. The minimum atomic E-state index is -1.16. The summed E-state index contributed by atoms with van der Waals surface area (Å²) in [7, 11) is 0. The molecule has 5 heteroatoms. The second-order valence-electron chi connectivity index (χ2n) is 9.55. The number of Topliss-reactive ketones (excluding diaryl/α,β-unsaturated/α-hetero) is 1. The molecule has 0 aromatic rings. The molecule has 0 aromatic carbocycles. The first kappa shape index (κ1) is 19.0. The van der Waals surface area contributed by atoms with Gasteiger partial charge in [0.15, 0.2) is 11.6 Å². The first-order valence-electron chi connectivity index (χ1n) is 10.2. The highest BCUT2D eigenvalue weighted by molar-refractivity contribution is 6.01. The van der Waals surface area contributed by atoms with Gasteiger partial charge in [-0.3, -0.25) is 9.59 Å². The van der Waals surface area contributed by atoms with Gasteiger partial charge in [0.25, 0.3) is 0 Å². The van der Waals surface area contributed by atoms with Crippen LogP contribution in [0.1, 0.15) is 46.0 Å². The molecule has 3 saturated carbocycles. The summed E-state index contributed by atoms with van der Waals surface area (Å²) >= 11 is 0. The van der Waals surface area contributed by atoms with Crippen LogP contribution in [0.4, 0.5) is 0 Å². The van der Waals surface area contributed by atoms with E-state index in [1.165, 1.54) is 0 Å². The molecule has 0 amide bonds. The minimum Gasteiger partial charge on any atom is -0.393 e. The van der Waals surface area contributed by atoms with E-state index in [1.807, 2.05) is 6.08 Å². The Bertz CT molecular complexity index is 724. The van der Waals surface area contributed by atoms with Crippen molar-refractivity contribution >= 4 is 11.6 Å². The van der Waals surface area contributed by atoms with Crippen LogP contribution >= 0.6 is 0 Å². The van der Waals surface area contributed by atoms with Gasteiger partial charge in [-0.05, 0) is 67.4 Å². The zero-order valence-corrected chi connectivity index (χ0v) is 16.1. The smallest absolute Gasteiger partial charge is 0.186 e. The summed E-state index contributed by atoms with van der Waals surface area (Å²) in [6, 6.07) is 0. The summed E-state index contributed by atoms with van der Waals surface area (Å²) in [5, 5.41) is 30.9. The van der Waals surface area contributed by atoms with Crippen molar-refractivity contribution in [2.45, 2.75) is 58.2 Å². The molecule has 5 nitrogen and oxygen atoms in total. The summed E-state index contributed by atoms with van der Waals surface area (Å²) in [6.07, 6.45) is 7.69. The van der Waals surface area contributed by atoms with Crippen LogP contribution in [-0.4, -0.2) is 45.7 Å². The third kappa shape index (κ3) is 2.62. The quantitative estimate of drug-likeness (QED) is 0.700. The Kier molecular flexibility index (Phi) is 4.48. The van der Waals surface area contributed by atoms with Crippen molar-refractivity contribution in [3.8, 4) is 0 Å². The molecule has 3 fully saturated rings. The third-order valence-corrected chi connectivity index (χ3v) is 8.43. The van der Waals surface area contributed by atoms with E-state index in [4.69, 9.17) is 5.11 Å². The maximum absolute atomic E-state index is 11.9. The highest BCUT2D eigenvalue weighted by Crippen LogP contribution is 2.66. The Morgan fingerprint density at radius 1 is 1.30 bits per heavy atom. The number of aliphatic hydroxyl groups is 3. The summed E-state index contributed by atoms with van der Waals surface area (Å²) in [5.74, 6) is -0.00682. The Hall–Kier alpha value is -1.30. The number of ketones is 2. The van der Waals surface area contributed by atoms with Gasteiger partial charge in [0, 0.05) is 11.3 Å². The van der Waals surface area contributed by atoms with E-state index < -0.39 is 24.6 Å². The molecule has 0 heterocycles. The summed E-state index contributed by atoms with van der Waals surface area (Å²) in [4.78, 5) is 23.8. The summed E-state index contributed by atoms with van der Waals surface area (Å²) in [5.41, 5.74) is 0.523. The molecule has 4 rings (SSSR count). The highest BCUT2D eigenvalue weighted by atomic mass is 16.3. The number of hydrogen-bond donors (Lipinski definition) is 3. The molecule has 0 radical (unpaired) electrons. The number of rotatable bonds is 3. The molecule has 27 heavy (non-hydrogen) atoms. The average Bonchev–Trinajstić information content (AvgIpc) is 2.97. The van der Waals surface area contributed by atoms with Crippen LogP contribution < -0.4 is 0 Å². The van der Waals surface area contributed by atoms with Crippen LogP contribution in [0.3, 0.4) is 0 Å². The molecule has 4 unspecified atom stereocenters. The van der Waals surface area contributed by atoms with E-state index in [9.17, 15) is 19.8 Å². The highest BCUT2D eigenvalue weighted by Gasteiger charge is 2.62. The van der Waals surface area contributed by atoms with Crippen molar-refractivity contribution in [1.82, 2.24) is 0 Å². The zero-order chi connectivity index (χ0) is 19.6. The molecule has 0 bridgehead atoms. The predicted molar refractivity (Wildman–Crippen MR) is 99.6 cm³/mol. The first-order valence-corrected chi connectivity index (χ1v) is 10.2. The number of hydrogen-bond acceptors (Lipinski definition) is 5. The minimum absolute atomic E-state index is 0.0302. The van der Waals surface area contributed by atoms with Gasteiger partial charge in [-0.2, -0.15) is 0 Å². The lowest BCUT2D eigenvalue weighted by atomic mass is 9.46. The van der Waals surface area contributed by atoms with Crippen LogP contribution in [0, 0.1) is 34.5 Å². The van der Waals surface area contributed by atoms with Crippen molar-refractivity contribution in [2.24, 2.45) is 34.5 Å². The van der Waals surface area contributed by atoms with Gasteiger partial charge in [0.2, 0.25) is 0 Å². The number of allylic oxidation sites excluding steroid dienone is 4. The van der Waals surface area contributed by atoms with Gasteiger partial charge in [-0.15, -0.1) is 0 Å². The van der Waals surface area contributed by atoms with E-state index >= 15 is 0 Å². The molecule has 4 aliphatic carbocycles. The maximum Gasteiger partial charge on any atom is 0.186 e. The summed E-state index contributed by atoms with van der Waals surface area (Å²) in [6.45, 7) is 3.61. The van der Waals surface area contributed by atoms with Gasteiger partial charge in [-0.1, -0.05) is 25.5 Å². The topological polar surface area (TPSA) is 94.8 Å². The van der Waals surface area contributed by atoms with E-state index in [-0.39, 0.29) is 28.4 Å². The number of fused-ring (bicyclic) bond motifs is 5. The van der Waals surface area contributed by atoms with Gasteiger partial charge in [-0.25, -0.2) is 0 Å². The molecule has 148 valence electrons. The molecule has 0 aliphatic heterocycles. The monoisotopic (exact) mass is 374 g/mol. The Labute approximate surface area is 160 Å². The fourth-order valence-electron chi connectivity index (χ4n) is 7.20. The zero-order valence-electron chi connectivity index (χ0n) is 16.1. The molecule has 0 spiro atoms. The first-order chi connectivity index (χ1) is 12.7. The van der Waals surface area contributed by atoms with Crippen LogP contribution in [0.15, 0.2) is 23.8 Å². The fourth-order valence-corrected chi connectivity index (χ4v) is 7.20. The average molecular weight is 374 g/mol. The van der Waals surface area contributed by atoms with Crippen molar-refractivity contribution < 1.29 is 24.9 Å². The van der Waals surface area contributed by atoms with Crippen LogP contribution in [0.5, 0.6) is 0 Å². The molecular weight excluding hydrogens is 344 g/mol. The normalized spacial score (nSPS) is 46.9. The van der Waals surface area contributed by atoms with Crippen molar-refractivity contribution in [1.29, 1.82) is 0 Å². The van der Waals surface area contributed by atoms with E-state index in [0.717, 1.165) is 31.3 Å². The lowest BCUT2D eigenvalue weighted by Gasteiger charge is -2.59. The number of carbonyl (C=O) groups excluding carboxylic acids is 2. The van der Waals surface area contributed by atoms with Gasteiger partial charge >= 0.3 is 0 Å². The van der Waals surface area contributed by atoms with E-state index in [1.54, 1.807) is 12.2 Å². The van der Waals surface area contributed by atoms with Crippen molar-refractivity contribution in [3.63, 3.8) is 0 Å². The largest absolute Gasteiger partial charge is 0.393 e. The Balaban J connectivity index is 1.68. The molecule has 4 aliphatic rings. The van der Waals surface area contributed by atoms with Crippen LogP contribution in [-0.2, 0) is 9.59 Å². The Morgan fingerprint density at radius 3 is 2.74 bits per heavy atom. The van der Waals surface area contributed by atoms with Gasteiger partial charge in [0.05, 0.1) is 6.10 Å². The number of carbonyl (C=O) groups is 2. The fraction of sp³-hybridized carbons (Fsp3) is 0.727. The molecule has 0 aromatic heterocycles. The molecule has 0 saturated heterocycles. The van der Waals surface area contributed by atoms with Gasteiger partial charge in [0.1, 0.15) is 12.7 Å². The molecule has 3 N–H and O–H groups in total. The lowest BCUT2D eigenvalue weighted by Crippen LogP contribution is -2.57. The van der Waals surface area contributed by atoms with Gasteiger partial charge < -0.3 is 15.3 Å². The van der Waals surface area contributed by atoms with Crippen LogP contribution in [0.25, 0.3) is 0 Å². The van der Waals surface area contributed by atoms with E-state index in [2.05, 4.69) is 13.8 Å². The maximum atomic E-state index is 11.9.